The number of allylic oxidation sites excluding steroid dienone is 3. The van der Waals surface area contributed by atoms with E-state index in [0.29, 0.717) is 27.6 Å². The molecule has 2 unspecified atom stereocenters. The second kappa shape index (κ2) is 10.8. The fourth-order valence-electron chi connectivity index (χ4n) is 6.14. The highest BCUT2D eigenvalue weighted by Gasteiger charge is 2.45. The second-order valence-electron chi connectivity index (χ2n) is 11.9. The summed E-state index contributed by atoms with van der Waals surface area (Å²) in [5, 5.41) is 12.2. The minimum Gasteiger partial charge on any atom is -0.393 e. The topological polar surface area (TPSA) is 127 Å². The minimum absolute atomic E-state index is 0.0106. The fourth-order valence-corrected chi connectivity index (χ4v) is 8.16. The SMILES string of the molecule is CC1=CC(c2ccc3nc(Cl)nc(C(CO)(OC4CC4)c4ccccc4)c3c2)=CCC1(C)S(=O)(=O)n1ccc2cc[nH]c(=O)c21. The van der Waals surface area contributed by atoms with E-state index in [0.717, 1.165) is 33.5 Å². The van der Waals surface area contributed by atoms with Crippen molar-refractivity contribution in [3.8, 4) is 0 Å². The van der Waals surface area contributed by atoms with Crippen molar-refractivity contribution in [2.45, 2.75) is 49.6 Å². The molecule has 2 atom stereocenters. The number of hydrogen-bond donors (Lipinski definition) is 2. The van der Waals surface area contributed by atoms with Crippen molar-refractivity contribution >= 4 is 49.0 Å². The van der Waals surface area contributed by atoms with Crippen LogP contribution < -0.4 is 5.56 Å². The van der Waals surface area contributed by atoms with Crippen LogP contribution in [-0.4, -0.2) is 49.9 Å². The molecule has 2 aliphatic rings. The Kier molecular flexibility index (Phi) is 7.09. The van der Waals surface area contributed by atoms with Crippen molar-refractivity contribution in [3.05, 3.63) is 123 Å². The van der Waals surface area contributed by atoms with Crippen LogP contribution in [-0.2, 0) is 20.4 Å². The summed E-state index contributed by atoms with van der Waals surface area (Å²) in [6, 6.07) is 18.5. The van der Waals surface area contributed by atoms with Crippen LogP contribution in [0.1, 0.15) is 49.9 Å². The number of halogens is 1. The molecular weight excluding hydrogens is 612 g/mol. The molecule has 45 heavy (non-hydrogen) atoms. The zero-order chi connectivity index (χ0) is 31.6. The largest absolute Gasteiger partial charge is 0.393 e. The average molecular weight is 643 g/mol. The Bertz CT molecular complexity index is 2200. The van der Waals surface area contributed by atoms with E-state index in [9.17, 15) is 18.3 Å². The first-order valence-corrected chi connectivity index (χ1v) is 16.5. The highest BCUT2D eigenvalue weighted by molar-refractivity contribution is 7.91. The molecule has 0 amide bonds. The summed E-state index contributed by atoms with van der Waals surface area (Å²) in [4.78, 5) is 24.3. The lowest BCUT2D eigenvalue weighted by Gasteiger charge is -2.34. The van der Waals surface area contributed by atoms with E-state index in [1.807, 2.05) is 60.7 Å². The van der Waals surface area contributed by atoms with Gasteiger partial charge in [0.15, 0.2) is 5.60 Å². The Hall–Kier alpha value is -4.09. The summed E-state index contributed by atoms with van der Waals surface area (Å²) in [5.41, 5.74) is 2.47. The summed E-state index contributed by atoms with van der Waals surface area (Å²) in [6.07, 6.45) is 8.66. The molecule has 9 nitrogen and oxygen atoms in total. The fraction of sp³-hybridized carbons (Fsp3) is 0.265. The third-order valence-corrected chi connectivity index (χ3v) is 11.7. The third kappa shape index (κ3) is 4.75. The summed E-state index contributed by atoms with van der Waals surface area (Å²) in [5.74, 6) is 0. The molecular formula is C34H31ClN4O5S. The van der Waals surface area contributed by atoms with Gasteiger partial charge in [0.05, 0.1) is 23.9 Å². The predicted octanol–water partition coefficient (Wildman–Crippen LogP) is 5.71. The number of hydrogen-bond acceptors (Lipinski definition) is 7. The van der Waals surface area contributed by atoms with Crippen LogP contribution in [0.15, 0.2) is 95.6 Å². The molecule has 230 valence electrons. The molecule has 3 aromatic heterocycles. The molecule has 0 radical (unpaired) electrons. The number of H-pyrrole nitrogens is 1. The molecule has 0 saturated heterocycles. The standard InChI is InChI=1S/C34H31ClN4O5S/c1-21-18-24(12-15-33(21,2)45(42,43)39-17-14-22-13-16-36-31(41)29(22)39)23-8-11-28-27(19-23)30(38-32(35)37-28)34(20-40,44-26-9-10-26)25-6-4-3-5-7-25/h3-8,11-14,16-19,26,40H,9-10,15,20H2,1-2H3,(H,36,41). The number of aliphatic hydroxyl groups excluding tert-OH is 1. The Balaban J connectivity index is 1.32. The molecule has 7 rings (SSSR count). The predicted molar refractivity (Wildman–Crippen MR) is 175 cm³/mol. The Morgan fingerprint density at radius 1 is 1.13 bits per heavy atom. The summed E-state index contributed by atoms with van der Waals surface area (Å²) >= 11 is 6.44. The molecule has 5 aromatic rings. The zero-order valence-electron chi connectivity index (χ0n) is 24.7. The Morgan fingerprint density at radius 2 is 1.91 bits per heavy atom. The maximum Gasteiger partial charge on any atom is 0.273 e. The summed E-state index contributed by atoms with van der Waals surface area (Å²) in [6.45, 7) is 3.13. The number of nitrogens with zero attached hydrogens (tertiary/aromatic N) is 3. The molecule has 2 N–H and O–H groups in total. The zero-order valence-corrected chi connectivity index (χ0v) is 26.3. The lowest BCUT2D eigenvalue weighted by atomic mass is 9.85. The second-order valence-corrected chi connectivity index (χ2v) is 14.5. The third-order valence-electron chi connectivity index (χ3n) is 9.06. The number of aromatic amines is 1. The number of aromatic nitrogens is 4. The van der Waals surface area contributed by atoms with Crippen LogP contribution in [0, 0.1) is 0 Å². The maximum absolute atomic E-state index is 14.1. The van der Waals surface area contributed by atoms with Crippen LogP contribution in [0.3, 0.4) is 0 Å². The summed E-state index contributed by atoms with van der Waals surface area (Å²) in [7, 11) is -4.02. The van der Waals surface area contributed by atoms with E-state index in [-0.39, 0.29) is 29.9 Å². The summed E-state index contributed by atoms with van der Waals surface area (Å²) < 4.78 is 34.5. The van der Waals surface area contributed by atoms with E-state index in [4.69, 9.17) is 16.3 Å². The van der Waals surface area contributed by atoms with Crippen molar-refractivity contribution in [1.29, 1.82) is 0 Å². The first-order chi connectivity index (χ1) is 21.6. The number of pyridine rings is 1. The van der Waals surface area contributed by atoms with Gasteiger partial charge in [-0.05, 0) is 91.2 Å². The average Bonchev–Trinajstić information content (AvgIpc) is 3.74. The first kappa shape index (κ1) is 29.6. The van der Waals surface area contributed by atoms with Crippen molar-refractivity contribution < 1.29 is 18.3 Å². The van der Waals surface area contributed by atoms with Crippen molar-refractivity contribution in [2.75, 3.05) is 6.61 Å². The molecule has 11 heteroatoms. The maximum atomic E-state index is 14.1. The van der Waals surface area contributed by atoms with E-state index in [1.165, 1.54) is 12.4 Å². The van der Waals surface area contributed by atoms with Gasteiger partial charge in [0.25, 0.3) is 5.56 Å². The molecule has 0 bridgehead atoms. The highest BCUT2D eigenvalue weighted by Crippen LogP contribution is 2.43. The van der Waals surface area contributed by atoms with Crippen LogP contribution >= 0.6 is 11.6 Å². The molecule has 1 saturated carbocycles. The lowest BCUT2D eigenvalue weighted by molar-refractivity contribution is -0.0672. The molecule has 2 aromatic carbocycles. The number of benzene rings is 2. The van der Waals surface area contributed by atoms with Gasteiger partial charge in [0.1, 0.15) is 10.3 Å². The van der Waals surface area contributed by atoms with E-state index >= 15 is 0 Å². The smallest absolute Gasteiger partial charge is 0.273 e. The van der Waals surface area contributed by atoms with E-state index in [2.05, 4.69) is 15.0 Å². The van der Waals surface area contributed by atoms with Gasteiger partial charge in [0, 0.05) is 23.2 Å². The number of rotatable bonds is 8. The van der Waals surface area contributed by atoms with Crippen LogP contribution in [0.5, 0.6) is 0 Å². The van der Waals surface area contributed by atoms with Gasteiger partial charge in [-0.25, -0.2) is 22.4 Å². The van der Waals surface area contributed by atoms with Gasteiger partial charge < -0.3 is 14.8 Å². The van der Waals surface area contributed by atoms with Crippen molar-refractivity contribution in [2.24, 2.45) is 0 Å². The molecule has 0 aliphatic heterocycles. The molecule has 1 fully saturated rings. The number of ether oxygens (including phenoxy) is 1. The van der Waals surface area contributed by atoms with Gasteiger partial charge in [-0.3, -0.25) is 4.79 Å². The van der Waals surface area contributed by atoms with E-state index < -0.39 is 25.9 Å². The number of fused-ring (bicyclic) bond motifs is 2. The highest BCUT2D eigenvalue weighted by atomic mass is 35.5. The van der Waals surface area contributed by atoms with E-state index in [1.54, 1.807) is 26.0 Å². The van der Waals surface area contributed by atoms with Gasteiger partial charge in [-0.15, -0.1) is 0 Å². The van der Waals surface area contributed by atoms with Gasteiger partial charge in [-0.2, -0.15) is 0 Å². The van der Waals surface area contributed by atoms with Gasteiger partial charge in [0.2, 0.25) is 15.3 Å². The monoisotopic (exact) mass is 642 g/mol. The molecule has 2 aliphatic carbocycles. The molecule has 3 heterocycles. The van der Waals surface area contributed by atoms with Crippen LogP contribution in [0.4, 0.5) is 0 Å². The minimum atomic E-state index is -4.02. The Morgan fingerprint density at radius 3 is 2.62 bits per heavy atom. The Labute approximate surface area is 264 Å². The number of aliphatic hydroxyl groups is 1. The van der Waals surface area contributed by atoms with Crippen LogP contribution in [0.25, 0.3) is 27.4 Å². The molecule has 0 spiro atoms. The van der Waals surface area contributed by atoms with Gasteiger partial charge in [-0.1, -0.05) is 48.6 Å². The van der Waals surface area contributed by atoms with Gasteiger partial charge >= 0.3 is 0 Å². The first-order valence-electron chi connectivity index (χ1n) is 14.7. The van der Waals surface area contributed by atoms with Crippen LogP contribution in [0.2, 0.25) is 5.28 Å². The van der Waals surface area contributed by atoms with Crippen molar-refractivity contribution in [3.63, 3.8) is 0 Å². The quantitative estimate of drug-likeness (QED) is 0.208. The lowest BCUT2D eigenvalue weighted by Crippen LogP contribution is -2.41. The normalized spacial score (nSPS) is 20.2. The number of nitrogens with one attached hydrogen (secondary N) is 1. The van der Waals surface area contributed by atoms with Crippen molar-refractivity contribution in [1.82, 2.24) is 18.9 Å².